The predicted molar refractivity (Wildman–Crippen MR) is 138 cm³/mol. The van der Waals surface area contributed by atoms with Crippen LogP contribution in [0.2, 0.25) is 0 Å². The number of carbonyl (C=O) groups excluding carboxylic acids is 1. The van der Waals surface area contributed by atoms with Gasteiger partial charge in [0.25, 0.3) is 5.91 Å². The Morgan fingerprint density at radius 2 is 1.86 bits per heavy atom. The topological polar surface area (TPSA) is 121 Å². The lowest BCUT2D eigenvalue weighted by molar-refractivity contribution is 0.0962. The number of hydrogen-bond acceptors (Lipinski definition) is 7. The molecule has 186 valence electrons. The average Bonchev–Trinajstić information content (AvgIpc) is 3.34. The molecule has 0 saturated heterocycles. The molecule has 2 heterocycles. The minimum Gasteiger partial charge on any atom is -0.508 e. The van der Waals surface area contributed by atoms with Gasteiger partial charge < -0.3 is 30.2 Å². The van der Waals surface area contributed by atoms with E-state index in [0.717, 1.165) is 42.2 Å². The molecular weight excluding hydrogens is 458 g/mol. The number of hydrogen-bond donors (Lipinski definition) is 4. The maximum Gasteiger partial charge on any atom is 0.251 e. The molecule has 0 spiro atoms. The van der Waals surface area contributed by atoms with Gasteiger partial charge in [0.15, 0.2) is 0 Å². The molecule has 0 bridgehead atoms. The van der Waals surface area contributed by atoms with E-state index in [2.05, 4.69) is 15.6 Å². The summed E-state index contributed by atoms with van der Waals surface area (Å²) < 4.78 is 12.0. The van der Waals surface area contributed by atoms with Crippen LogP contribution in [-0.4, -0.2) is 46.2 Å². The lowest BCUT2D eigenvalue weighted by Crippen LogP contribution is -2.20. The first-order valence-corrected chi connectivity index (χ1v) is 12.1. The molecule has 9 heteroatoms. The molecule has 0 unspecified atom stereocenters. The number of fused-ring (bicyclic) bond motifs is 1. The number of phenols is 1. The fourth-order valence-corrected chi connectivity index (χ4v) is 4.55. The third kappa shape index (κ3) is 4.77. The molecule has 9 nitrogen and oxygen atoms in total. The maximum absolute atomic E-state index is 12.0. The van der Waals surface area contributed by atoms with Gasteiger partial charge in [0.1, 0.15) is 23.3 Å². The number of nitrogens with one attached hydrogen (secondary N) is 3. The number of ether oxygens (including phenoxy) is 2. The van der Waals surface area contributed by atoms with Gasteiger partial charge in [-0.1, -0.05) is 18.6 Å². The number of nitrogens with zero attached hydrogens (tertiary/aromatic N) is 2. The van der Waals surface area contributed by atoms with Crippen molar-refractivity contribution in [3.05, 3.63) is 54.2 Å². The minimum atomic E-state index is -0.200. The van der Waals surface area contributed by atoms with Crippen molar-refractivity contribution in [3.8, 4) is 28.5 Å². The molecule has 2 aromatic carbocycles. The zero-order valence-electron chi connectivity index (χ0n) is 20.3. The second kappa shape index (κ2) is 10.2. The molecular formula is C27H29N5O4. The highest BCUT2D eigenvalue weighted by Gasteiger charge is 2.22. The molecule has 2 aromatic heterocycles. The summed E-state index contributed by atoms with van der Waals surface area (Å²) in [5, 5.41) is 16.3. The highest BCUT2D eigenvalue weighted by molar-refractivity contribution is 5.98. The maximum atomic E-state index is 12.0. The van der Waals surface area contributed by atoms with Gasteiger partial charge in [-0.3, -0.25) is 4.79 Å². The zero-order valence-corrected chi connectivity index (χ0v) is 20.3. The Morgan fingerprint density at radius 3 is 2.58 bits per heavy atom. The lowest BCUT2D eigenvalue weighted by atomic mass is 9.98. The van der Waals surface area contributed by atoms with Crippen molar-refractivity contribution < 1.29 is 19.4 Å². The molecule has 0 aliphatic heterocycles. The Hall–Kier alpha value is -4.27. The van der Waals surface area contributed by atoms with E-state index in [9.17, 15) is 9.90 Å². The number of H-pyrrole nitrogens is 1. The average molecular weight is 488 g/mol. The molecule has 4 aromatic rings. The molecule has 1 fully saturated rings. The Labute approximate surface area is 208 Å². The van der Waals surface area contributed by atoms with Gasteiger partial charge in [-0.25, -0.2) is 0 Å². The van der Waals surface area contributed by atoms with Gasteiger partial charge in [0.05, 0.1) is 18.2 Å². The SMILES string of the molecule is CNC(=O)c1ccc(Nc2nc(OC3CCCCC3)c3c(-c4ccc(O)cc4)c[nH]c3n2)c(OC)c1. The first kappa shape index (κ1) is 23.5. The van der Waals surface area contributed by atoms with E-state index < -0.39 is 0 Å². The number of methoxy groups -OCH3 is 1. The molecule has 5 rings (SSSR count). The van der Waals surface area contributed by atoms with Gasteiger partial charge in [0, 0.05) is 24.4 Å². The Kier molecular flexibility index (Phi) is 6.62. The first-order chi connectivity index (χ1) is 17.6. The summed E-state index contributed by atoms with van der Waals surface area (Å²) in [6.45, 7) is 0. The van der Waals surface area contributed by atoms with Crippen LogP contribution < -0.4 is 20.1 Å². The smallest absolute Gasteiger partial charge is 0.251 e. The van der Waals surface area contributed by atoms with Crippen LogP contribution in [0.15, 0.2) is 48.7 Å². The second-order valence-corrected chi connectivity index (χ2v) is 8.82. The van der Waals surface area contributed by atoms with E-state index in [4.69, 9.17) is 19.4 Å². The number of rotatable bonds is 7. The van der Waals surface area contributed by atoms with E-state index >= 15 is 0 Å². The summed E-state index contributed by atoms with van der Waals surface area (Å²) in [4.78, 5) is 24.7. The van der Waals surface area contributed by atoms with Crippen molar-refractivity contribution in [2.45, 2.75) is 38.2 Å². The van der Waals surface area contributed by atoms with Crippen LogP contribution in [0.5, 0.6) is 17.4 Å². The Balaban J connectivity index is 1.55. The van der Waals surface area contributed by atoms with Crippen molar-refractivity contribution in [3.63, 3.8) is 0 Å². The zero-order chi connectivity index (χ0) is 25.1. The highest BCUT2D eigenvalue weighted by Crippen LogP contribution is 2.37. The Bertz CT molecular complexity index is 1380. The molecule has 1 aliphatic rings. The van der Waals surface area contributed by atoms with Gasteiger partial charge in [-0.2, -0.15) is 9.97 Å². The van der Waals surface area contributed by atoms with E-state index in [1.54, 1.807) is 44.5 Å². The number of carbonyl (C=O) groups is 1. The molecule has 1 amide bonds. The second-order valence-electron chi connectivity index (χ2n) is 8.82. The van der Waals surface area contributed by atoms with Crippen LogP contribution in [0.4, 0.5) is 11.6 Å². The number of benzene rings is 2. The summed E-state index contributed by atoms with van der Waals surface area (Å²) in [6, 6.07) is 12.1. The molecule has 0 radical (unpaired) electrons. The van der Waals surface area contributed by atoms with Crippen LogP contribution in [-0.2, 0) is 0 Å². The van der Waals surface area contributed by atoms with Crippen molar-refractivity contribution in [2.75, 3.05) is 19.5 Å². The number of amides is 1. The number of aromatic amines is 1. The number of aromatic nitrogens is 3. The monoisotopic (exact) mass is 487 g/mol. The van der Waals surface area contributed by atoms with E-state index in [1.165, 1.54) is 6.42 Å². The Morgan fingerprint density at radius 1 is 1.08 bits per heavy atom. The van der Waals surface area contributed by atoms with Crippen LogP contribution >= 0.6 is 0 Å². The minimum absolute atomic E-state index is 0.0913. The standard InChI is InChI=1S/C27H29N5O4/c1-28-25(34)17-10-13-21(22(14-17)35-2)30-27-31-24-23(26(32-27)36-19-6-4-3-5-7-19)20(15-29-24)16-8-11-18(33)12-9-16/h8-15,19,33H,3-7H2,1-2H3,(H,28,34)(H2,29,30,31,32). The first-order valence-electron chi connectivity index (χ1n) is 12.1. The van der Waals surface area contributed by atoms with Crippen molar-refractivity contribution >= 4 is 28.6 Å². The molecule has 0 atom stereocenters. The normalized spacial score (nSPS) is 13.9. The fraction of sp³-hybridized carbons (Fsp3) is 0.296. The third-order valence-electron chi connectivity index (χ3n) is 6.44. The van der Waals surface area contributed by atoms with Crippen LogP contribution in [0.3, 0.4) is 0 Å². The summed E-state index contributed by atoms with van der Waals surface area (Å²) in [5.74, 6) is 1.34. The van der Waals surface area contributed by atoms with Gasteiger partial charge in [-0.15, -0.1) is 0 Å². The van der Waals surface area contributed by atoms with E-state index in [0.29, 0.717) is 34.5 Å². The quantitative estimate of drug-likeness (QED) is 0.284. The molecule has 1 aliphatic carbocycles. The molecule has 4 N–H and O–H groups in total. The summed E-state index contributed by atoms with van der Waals surface area (Å²) in [5.41, 5.74) is 3.56. The van der Waals surface area contributed by atoms with Gasteiger partial charge >= 0.3 is 0 Å². The molecule has 36 heavy (non-hydrogen) atoms. The number of anilines is 2. The van der Waals surface area contributed by atoms with E-state index in [-0.39, 0.29) is 17.8 Å². The summed E-state index contributed by atoms with van der Waals surface area (Å²) >= 11 is 0. The van der Waals surface area contributed by atoms with Crippen LogP contribution in [0.1, 0.15) is 42.5 Å². The summed E-state index contributed by atoms with van der Waals surface area (Å²) in [7, 11) is 3.13. The molecule has 1 saturated carbocycles. The number of phenolic OH excluding ortho intramolecular Hbond substituents is 1. The van der Waals surface area contributed by atoms with Crippen LogP contribution in [0, 0.1) is 0 Å². The highest BCUT2D eigenvalue weighted by atomic mass is 16.5. The van der Waals surface area contributed by atoms with Gasteiger partial charge in [0.2, 0.25) is 11.8 Å². The van der Waals surface area contributed by atoms with Crippen LogP contribution in [0.25, 0.3) is 22.2 Å². The van der Waals surface area contributed by atoms with Crippen molar-refractivity contribution in [1.29, 1.82) is 0 Å². The van der Waals surface area contributed by atoms with Gasteiger partial charge in [-0.05, 0) is 61.6 Å². The summed E-state index contributed by atoms with van der Waals surface area (Å²) in [6.07, 6.45) is 7.44. The van der Waals surface area contributed by atoms with E-state index in [1.807, 2.05) is 18.3 Å². The predicted octanol–water partition coefficient (Wildman–Crippen LogP) is 5.15. The fourth-order valence-electron chi connectivity index (χ4n) is 4.55. The largest absolute Gasteiger partial charge is 0.508 e. The number of aromatic hydroxyl groups is 1. The third-order valence-corrected chi connectivity index (χ3v) is 6.44. The van der Waals surface area contributed by atoms with Crippen molar-refractivity contribution in [1.82, 2.24) is 20.3 Å². The lowest BCUT2D eigenvalue weighted by Gasteiger charge is -2.23. The van der Waals surface area contributed by atoms with Crippen molar-refractivity contribution in [2.24, 2.45) is 0 Å².